The number of nitrogens with zero attached hydrogens (tertiary/aromatic N) is 2. The first-order valence-corrected chi connectivity index (χ1v) is 4.50. The first-order chi connectivity index (χ1) is 8.40. The van der Waals surface area contributed by atoms with E-state index in [0.717, 1.165) is 18.2 Å². The molecule has 0 spiro atoms. The fraction of sp³-hybridized carbons (Fsp3) is 0. The molecule has 9 nitrogen and oxygen atoms in total. The molecule has 0 fully saturated rings. The number of non-ortho nitro benzene ring substituents is 2. The van der Waals surface area contributed by atoms with Crippen molar-refractivity contribution in [3.8, 4) is 0 Å². The molecule has 0 amide bonds. The van der Waals surface area contributed by atoms with Gasteiger partial charge < -0.3 is 9.52 Å². The van der Waals surface area contributed by atoms with E-state index in [1.807, 2.05) is 0 Å². The Balaban J connectivity index is 2.81. The Kier molecular flexibility index (Phi) is 2.43. The van der Waals surface area contributed by atoms with Gasteiger partial charge in [-0.3, -0.25) is 20.2 Å². The van der Waals surface area contributed by atoms with E-state index >= 15 is 0 Å². The molecule has 1 heterocycles. The van der Waals surface area contributed by atoms with Crippen molar-refractivity contribution in [2.45, 2.75) is 0 Å². The van der Waals surface area contributed by atoms with E-state index in [-0.39, 0.29) is 11.0 Å². The molecule has 0 unspecified atom stereocenters. The lowest BCUT2D eigenvalue weighted by Gasteiger charge is -1.94. The molecule has 18 heavy (non-hydrogen) atoms. The highest BCUT2D eigenvalue weighted by Gasteiger charge is 2.24. The molecule has 0 bridgehead atoms. The van der Waals surface area contributed by atoms with Crippen LogP contribution in [-0.2, 0) is 0 Å². The van der Waals surface area contributed by atoms with E-state index in [4.69, 9.17) is 9.52 Å². The number of furan rings is 1. The highest BCUT2D eigenvalue weighted by molar-refractivity contribution is 5.96. The number of aromatic carboxylic acids is 1. The standard InChI is InChI=1S/C9H4N2O7/c12-9(13)8-3-5-6(11(16)17)1-4(10(14)15)2-7(5)18-8/h1-3H,(H,12,13). The van der Waals surface area contributed by atoms with Crippen molar-refractivity contribution in [2.24, 2.45) is 0 Å². The largest absolute Gasteiger partial charge is 0.475 e. The van der Waals surface area contributed by atoms with Gasteiger partial charge in [0.05, 0.1) is 27.4 Å². The summed E-state index contributed by atoms with van der Waals surface area (Å²) in [4.78, 5) is 30.4. The van der Waals surface area contributed by atoms with Crippen molar-refractivity contribution < 1.29 is 24.2 Å². The van der Waals surface area contributed by atoms with E-state index in [1.54, 1.807) is 0 Å². The van der Waals surface area contributed by atoms with E-state index < -0.39 is 33.0 Å². The molecule has 0 radical (unpaired) electrons. The molecule has 92 valence electrons. The average molecular weight is 252 g/mol. The van der Waals surface area contributed by atoms with Crippen molar-refractivity contribution in [1.82, 2.24) is 0 Å². The number of rotatable bonds is 3. The molecule has 2 aromatic rings. The molecule has 0 aliphatic heterocycles. The Bertz CT molecular complexity index is 688. The molecule has 9 heteroatoms. The van der Waals surface area contributed by atoms with Gasteiger partial charge in [0.15, 0.2) is 0 Å². The average Bonchev–Trinajstić information content (AvgIpc) is 2.70. The Morgan fingerprint density at radius 1 is 1.17 bits per heavy atom. The van der Waals surface area contributed by atoms with Crippen molar-refractivity contribution in [1.29, 1.82) is 0 Å². The smallest absolute Gasteiger partial charge is 0.371 e. The number of nitro benzene ring substituents is 2. The van der Waals surface area contributed by atoms with Gasteiger partial charge in [-0.1, -0.05) is 0 Å². The minimum Gasteiger partial charge on any atom is -0.475 e. The molecular weight excluding hydrogens is 248 g/mol. The molecule has 0 saturated carbocycles. The van der Waals surface area contributed by atoms with Gasteiger partial charge in [0.1, 0.15) is 5.58 Å². The lowest BCUT2D eigenvalue weighted by atomic mass is 10.2. The van der Waals surface area contributed by atoms with Gasteiger partial charge >= 0.3 is 5.97 Å². The molecule has 0 aliphatic rings. The summed E-state index contributed by atoms with van der Waals surface area (Å²) in [5.41, 5.74) is -1.33. The first-order valence-electron chi connectivity index (χ1n) is 4.50. The summed E-state index contributed by atoms with van der Waals surface area (Å²) in [5, 5.41) is 29.9. The van der Waals surface area contributed by atoms with Crippen molar-refractivity contribution in [3.05, 3.63) is 44.2 Å². The highest BCUT2D eigenvalue weighted by Crippen LogP contribution is 2.33. The van der Waals surface area contributed by atoms with Crippen LogP contribution in [0.15, 0.2) is 22.6 Å². The molecular formula is C9H4N2O7. The molecule has 1 N–H and O–H groups in total. The van der Waals surface area contributed by atoms with Gasteiger partial charge in [-0.15, -0.1) is 0 Å². The number of hydrogen-bond acceptors (Lipinski definition) is 6. The number of fused-ring (bicyclic) bond motifs is 1. The third kappa shape index (κ3) is 1.73. The SMILES string of the molecule is O=C(O)c1cc2c([N+](=O)[O-])cc([N+](=O)[O-])cc2o1. The Morgan fingerprint density at radius 3 is 2.33 bits per heavy atom. The van der Waals surface area contributed by atoms with E-state index in [2.05, 4.69) is 0 Å². The summed E-state index contributed by atoms with van der Waals surface area (Å²) in [6, 6.07) is 2.65. The Labute approximate surface area is 97.5 Å². The monoisotopic (exact) mass is 252 g/mol. The van der Waals surface area contributed by atoms with Gasteiger partial charge in [0.2, 0.25) is 5.76 Å². The molecule has 0 aliphatic carbocycles. The van der Waals surface area contributed by atoms with E-state index in [9.17, 15) is 25.0 Å². The van der Waals surface area contributed by atoms with Crippen LogP contribution in [0, 0.1) is 20.2 Å². The van der Waals surface area contributed by atoms with Crippen LogP contribution in [-0.4, -0.2) is 20.9 Å². The minimum atomic E-state index is -1.41. The topological polar surface area (TPSA) is 137 Å². The first kappa shape index (κ1) is 11.5. The number of carboxylic acid groups (broad SMARTS) is 1. The second kappa shape index (κ2) is 3.80. The predicted octanol–water partition coefficient (Wildman–Crippen LogP) is 1.95. The maximum absolute atomic E-state index is 10.8. The second-order valence-electron chi connectivity index (χ2n) is 3.31. The van der Waals surface area contributed by atoms with Crippen LogP contribution >= 0.6 is 0 Å². The predicted molar refractivity (Wildman–Crippen MR) is 56.5 cm³/mol. The number of nitro groups is 2. The zero-order valence-corrected chi connectivity index (χ0v) is 8.52. The fourth-order valence-electron chi connectivity index (χ4n) is 1.47. The summed E-state index contributed by atoms with van der Waals surface area (Å²) in [6.07, 6.45) is 0. The number of carboxylic acids is 1. The molecule has 1 aromatic heterocycles. The minimum absolute atomic E-state index is 0.0944. The maximum atomic E-state index is 10.8. The third-order valence-corrected chi connectivity index (χ3v) is 2.22. The zero-order valence-electron chi connectivity index (χ0n) is 8.52. The van der Waals surface area contributed by atoms with Crippen molar-refractivity contribution >= 4 is 28.3 Å². The Hall–Kier alpha value is -2.97. The number of hydrogen-bond donors (Lipinski definition) is 1. The number of carbonyl (C=O) groups is 1. The quantitative estimate of drug-likeness (QED) is 0.650. The molecule has 0 saturated heterocycles. The summed E-state index contributed by atoms with van der Waals surface area (Å²) in [6.45, 7) is 0. The van der Waals surface area contributed by atoms with Crippen LogP contribution in [0.3, 0.4) is 0 Å². The van der Waals surface area contributed by atoms with E-state index in [1.165, 1.54) is 0 Å². The Morgan fingerprint density at radius 2 is 1.83 bits per heavy atom. The van der Waals surface area contributed by atoms with Crippen LogP contribution in [0.4, 0.5) is 11.4 Å². The lowest BCUT2D eigenvalue weighted by Crippen LogP contribution is -1.93. The van der Waals surface area contributed by atoms with Gasteiger partial charge in [-0.2, -0.15) is 0 Å². The van der Waals surface area contributed by atoms with Crippen LogP contribution in [0.25, 0.3) is 11.0 Å². The van der Waals surface area contributed by atoms with Crippen LogP contribution in [0.5, 0.6) is 0 Å². The maximum Gasteiger partial charge on any atom is 0.371 e. The van der Waals surface area contributed by atoms with Crippen molar-refractivity contribution in [3.63, 3.8) is 0 Å². The summed E-state index contributed by atoms with van der Waals surface area (Å²) in [5.74, 6) is -1.93. The lowest BCUT2D eigenvalue weighted by molar-refractivity contribution is -0.393. The zero-order chi connectivity index (χ0) is 13.4. The molecule has 0 atom stereocenters. The highest BCUT2D eigenvalue weighted by atomic mass is 16.6. The van der Waals surface area contributed by atoms with Gasteiger partial charge in [0, 0.05) is 6.07 Å². The summed E-state index contributed by atoms with van der Waals surface area (Å²) >= 11 is 0. The van der Waals surface area contributed by atoms with Gasteiger partial charge in [-0.05, 0) is 0 Å². The third-order valence-electron chi connectivity index (χ3n) is 2.22. The molecule has 1 aromatic carbocycles. The van der Waals surface area contributed by atoms with Gasteiger partial charge in [0.25, 0.3) is 11.4 Å². The van der Waals surface area contributed by atoms with Crippen molar-refractivity contribution in [2.75, 3.05) is 0 Å². The molecule has 2 rings (SSSR count). The fourth-order valence-corrected chi connectivity index (χ4v) is 1.47. The van der Waals surface area contributed by atoms with Crippen LogP contribution in [0.2, 0.25) is 0 Å². The summed E-state index contributed by atoms with van der Waals surface area (Å²) < 4.78 is 4.80. The summed E-state index contributed by atoms with van der Waals surface area (Å²) in [7, 11) is 0. The normalized spacial score (nSPS) is 10.4. The van der Waals surface area contributed by atoms with Gasteiger partial charge in [-0.25, -0.2) is 4.79 Å². The number of benzene rings is 1. The van der Waals surface area contributed by atoms with E-state index in [0.29, 0.717) is 0 Å². The second-order valence-corrected chi connectivity index (χ2v) is 3.31. The van der Waals surface area contributed by atoms with Crippen LogP contribution < -0.4 is 0 Å². The van der Waals surface area contributed by atoms with Crippen LogP contribution in [0.1, 0.15) is 10.6 Å².